The summed E-state index contributed by atoms with van der Waals surface area (Å²) in [6, 6.07) is 0. The highest BCUT2D eigenvalue weighted by Gasteiger charge is 2.17. The number of hydrogen-bond acceptors (Lipinski definition) is 9. The van der Waals surface area contributed by atoms with Gasteiger partial charge in [-0.25, -0.2) is 0 Å². The summed E-state index contributed by atoms with van der Waals surface area (Å²) >= 11 is 0. The van der Waals surface area contributed by atoms with Crippen LogP contribution in [0, 0.1) is 0 Å². The molecule has 11 nitrogen and oxygen atoms in total. The average molecular weight is 328 g/mol. The summed E-state index contributed by atoms with van der Waals surface area (Å²) in [5.41, 5.74) is 0. The van der Waals surface area contributed by atoms with Crippen molar-refractivity contribution in [2.45, 2.75) is 0 Å². The van der Waals surface area contributed by atoms with Crippen LogP contribution in [0.3, 0.4) is 0 Å². The first kappa shape index (κ1) is 17.9. The zero-order chi connectivity index (χ0) is 14.2. The lowest BCUT2D eigenvalue weighted by Gasteiger charge is -2.11. The molecule has 0 aromatic rings. The van der Waals surface area contributed by atoms with Crippen LogP contribution in [0.25, 0.3) is 0 Å². The van der Waals surface area contributed by atoms with Gasteiger partial charge in [0.15, 0.2) is 0 Å². The van der Waals surface area contributed by atoms with Gasteiger partial charge in [-0.1, -0.05) is 0 Å². The van der Waals surface area contributed by atoms with Gasteiger partial charge in [-0.3, -0.25) is 13.7 Å². The summed E-state index contributed by atoms with van der Waals surface area (Å²) in [5, 5.41) is 6.44. The van der Waals surface area contributed by atoms with Crippen LogP contribution in [0.15, 0.2) is 0 Å². The summed E-state index contributed by atoms with van der Waals surface area (Å²) < 4.78 is 70.9. The average Bonchev–Trinajstić information content (AvgIpc) is 2.15. The Bertz CT molecular complexity index is 407. The molecule has 110 valence electrons. The normalized spacial score (nSPS) is 17.1. The second kappa shape index (κ2) is 8.14. The molecule has 0 aliphatic carbocycles. The van der Waals surface area contributed by atoms with Gasteiger partial charge < -0.3 is 10.6 Å². The third-order valence-corrected chi connectivity index (χ3v) is 4.08. The quantitative estimate of drug-likeness (QED) is 0.339. The second-order valence-corrected chi connectivity index (χ2v) is 6.32. The lowest BCUT2D eigenvalue weighted by atomic mass is 10.4. The van der Waals surface area contributed by atoms with Gasteiger partial charge in [0.1, 0.15) is 0 Å². The zero-order valence-corrected chi connectivity index (χ0v) is 11.5. The van der Waals surface area contributed by atoms with Gasteiger partial charge >= 0.3 is 29.1 Å². The lowest BCUT2D eigenvalue weighted by Crippen LogP contribution is -2.39. The molecule has 1 aliphatic heterocycles. The van der Waals surface area contributed by atoms with Gasteiger partial charge in [-0.15, -0.1) is 0 Å². The minimum atomic E-state index is -5.06. The minimum absolute atomic E-state index is 1.14. The zero-order valence-electron chi connectivity index (χ0n) is 8.90. The maximum atomic E-state index is 10.1. The summed E-state index contributed by atoms with van der Waals surface area (Å²) in [5.74, 6) is 0. The van der Waals surface area contributed by atoms with Crippen molar-refractivity contribution >= 4 is 29.1 Å². The SMILES string of the molecule is C1CNCCN1.O=[PH](OS(=O)(=O)O)OS(=O)(=O)O. The predicted molar refractivity (Wildman–Crippen MR) is 60.0 cm³/mol. The van der Waals surface area contributed by atoms with Crippen LogP contribution in [0.1, 0.15) is 0 Å². The Morgan fingerprint density at radius 2 is 1.11 bits per heavy atom. The van der Waals surface area contributed by atoms with E-state index in [2.05, 4.69) is 18.6 Å². The third-order valence-electron chi connectivity index (χ3n) is 1.30. The van der Waals surface area contributed by atoms with Crippen molar-refractivity contribution in [3.8, 4) is 0 Å². The van der Waals surface area contributed by atoms with Gasteiger partial charge in [0.05, 0.1) is 0 Å². The predicted octanol–water partition coefficient (Wildman–Crippen LogP) is -1.81. The van der Waals surface area contributed by atoms with E-state index in [1.54, 1.807) is 0 Å². The van der Waals surface area contributed by atoms with E-state index in [-0.39, 0.29) is 0 Å². The van der Waals surface area contributed by atoms with Crippen molar-refractivity contribution in [3.05, 3.63) is 0 Å². The van der Waals surface area contributed by atoms with E-state index in [0.717, 1.165) is 26.2 Å². The smallest absolute Gasteiger partial charge is 0.314 e. The molecule has 0 bridgehead atoms. The number of nitrogens with one attached hydrogen (secondary N) is 2. The van der Waals surface area contributed by atoms with Crippen LogP contribution in [-0.2, 0) is 33.3 Å². The molecule has 0 radical (unpaired) electrons. The molecular formula is C4H13N2O9PS2. The first-order valence-electron chi connectivity index (χ1n) is 4.39. The Morgan fingerprint density at radius 3 is 1.28 bits per heavy atom. The molecule has 18 heavy (non-hydrogen) atoms. The molecule has 1 fully saturated rings. The molecule has 0 unspecified atom stereocenters. The van der Waals surface area contributed by atoms with Crippen molar-refractivity contribution in [2.24, 2.45) is 0 Å². The highest BCUT2D eigenvalue weighted by atomic mass is 32.3. The molecule has 0 aromatic heterocycles. The van der Waals surface area contributed by atoms with Crippen molar-refractivity contribution < 1.29 is 38.4 Å². The van der Waals surface area contributed by atoms with Gasteiger partial charge in [0, 0.05) is 26.2 Å². The first-order valence-corrected chi connectivity index (χ1v) is 8.35. The third kappa shape index (κ3) is 14.0. The maximum Gasteiger partial charge on any atom is 0.404 e. The fourth-order valence-electron chi connectivity index (χ4n) is 0.789. The van der Waals surface area contributed by atoms with Gasteiger partial charge in [0.25, 0.3) is 0 Å². The fourth-order valence-corrected chi connectivity index (χ4v) is 2.53. The molecule has 1 heterocycles. The number of rotatable bonds is 4. The highest BCUT2D eigenvalue weighted by molar-refractivity contribution is 7.87. The van der Waals surface area contributed by atoms with E-state index in [4.69, 9.17) is 9.11 Å². The topological polar surface area (TPSA) is 168 Å². The molecule has 0 atom stereocenters. The Labute approximate surface area is 105 Å². The Kier molecular flexibility index (Phi) is 8.09. The van der Waals surface area contributed by atoms with Crippen molar-refractivity contribution in [1.29, 1.82) is 0 Å². The van der Waals surface area contributed by atoms with Crippen LogP contribution < -0.4 is 10.6 Å². The largest absolute Gasteiger partial charge is 0.404 e. The van der Waals surface area contributed by atoms with Crippen LogP contribution in [0.2, 0.25) is 0 Å². The summed E-state index contributed by atoms with van der Waals surface area (Å²) in [6.07, 6.45) is 0. The standard InChI is InChI=1S/C4H10N2.H3O9PS2/c1-2-6-4-3-5-1;1-10(8-11(2,3)4)9-12(5,6)7/h5-6H,1-4H2;10H,(H,2,3,4)(H,5,6,7). The minimum Gasteiger partial charge on any atom is -0.314 e. The van der Waals surface area contributed by atoms with Gasteiger partial charge in [-0.2, -0.15) is 24.8 Å². The van der Waals surface area contributed by atoms with Crippen molar-refractivity contribution in [2.75, 3.05) is 26.2 Å². The van der Waals surface area contributed by atoms with Crippen molar-refractivity contribution in [3.63, 3.8) is 0 Å². The lowest BCUT2D eigenvalue weighted by molar-refractivity contribution is 0.339. The molecule has 1 saturated heterocycles. The summed E-state index contributed by atoms with van der Waals surface area (Å²) in [6.45, 7) is 4.56. The number of hydrogen-bond donors (Lipinski definition) is 4. The van der Waals surface area contributed by atoms with E-state index in [1.807, 2.05) is 0 Å². The molecule has 4 N–H and O–H groups in total. The van der Waals surface area contributed by atoms with Crippen LogP contribution in [-0.4, -0.2) is 52.1 Å². The van der Waals surface area contributed by atoms with E-state index < -0.39 is 29.1 Å². The number of piperazine rings is 1. The monoisotopic (exact) mass is 328 g/mol. The summed E-state index contributed by atoms with van der Waals surface area (Å²) in [4.78, 5) is 0. The molecule has 1 aliphatic rings. The second-order valence-electron chi connectivity index (χ2n) is 2.77. The van der Waals surface area contributed by atoms with E-state index >= 15 is 0 Å². The molecule has 0 spiro atoms. The first-order chi connectivity index (χ1) is 8.10. The molecule has 0 saturated carbocycles. The Hall–Kier alpha value is -0.110. The van der Waals surface area contributed by atoms with E-state index in [0.29, 0.717) is 0 Å². The summed E-state index contributed by atoms with van der Waals surface area (Å²) in [7, 11) is -14.2. The van der Waals surface area contributed by atoms with Crippen LogP contribution >= 0.6 is 8.25 Å². The maximum absolute atomic E-state index is 10.1. The molecule has 0 amide bonds. The van der Waals surface area contributed by atoms with E-state index in [1.165, 1.54) is 0 Å². The fraction of sp³-hybridized carbons (Fsp3) is 1.00. The highest BCUT2D eigenvalue weighted by Crippen LogP contribution is 2.27. The van der Waals surface area contributed by atoms with Crippen LogP contribution in [0.5, 0.6) is 0 Å². The molecular weight excluding hydrogens is 315 g/mol. The van der Waals surface area contributed by atoms with Crippen LogP contribution in [0.4, 0.5) is 0 Å². The van der Waals surface area contributed by atoms with E-state index in [9.17, 15) is 21.4 Å². The Balaban J connectivity index is 0.000000397. The van der Waals surface area contributed by atoms with Gasteiger partial charge in [-0.05, 0) is 0 Å². The molecule has 1 rings (SSSR count). The molecule has 0 aromatic carbocycles. The molecule has 14 heteroatoms. The van der Waals surface area contributed by atoms with Gasteiger partial charge in [0.2, 0.25) is 0 Å². The van der Waals surface area contributed by atoms with Crippen molar-refractivity contribution in [1.82, 2.24) is 10.6 Å². The Morgan fingerprint density at radius 1 is 0.833 bits per heavy atom.